The van der Waals surface area contributed by atoms with E-state index in [1.807, 2.05) is 0 Å². The molecule has 1 amide bonds. The quantitative estimate of drug-likeness (QED) is 0.323. The molecule has 0 saturated heterocycles. The van der Waals surface area contributed by atoms with Crippen molar-refractivity contribution in [2.45, 2.75) is 26.9 Å². The number of amides is 1. The Morgan fingerprint density at radius 1 is 1.36 bits per heavy atom. The first-order valence-electron chi connectivity index (χ1n) is 9.57. The number of nitrogens with one attached hydrogen (secondary N) is 1. The van der Waals surface area contributed by atoms with Gasteiger partial charge in [-0.2, -0.15) is 5.26 Å². The minimum Gasteiger partial charge on any atom is -0.467 e. The van der Waals surface area contributed by atoms with Gasteiger partial charge in [-0.25, -0.2) is 4.79 Å². The van der Waals surface area contributed by atoms with Crippen LogP contribution in [-0.4, -0.2) is 33.0 Å². The van der Waals surface area contributed by atoms with Crippen LogP contribution < -0.4 is 10.9 Å². The third-order valence-electron chi connectivity index (χ3n) is 5.09. The van der Waals surface area contributed by atoms with Gasteiger partial charge in [-0.1, -0.05) is 0 Å². The molecule has 12 heteroatoms. The zero-order chi connectivity index (χ0) is 24.3. The summed E-state index contributed by atoms with van der Waals surface area (Å²) in [6, 6.07) is 6.29. The zero-order valence-corrected chi connectivity index (χ0v) is 17.9. The van der Waals surface area contributed by atoms with Crippen molar-refractivity contribution in [2.75, 3.05) is 12.4 Å². The van der Waals surface area contributed by atoms with E-state index in [9.17, 15) is 29.8 Å². The second-order valence-corrected chi connectivity index (χ2v) is 7.06. The molecular formula is C21H19N5O7. The topological polar surface area (TPSA) is 162 Å². The Hall–Kier alpha value is -4.66. The van der Waals surface area contributed by atoms with E-state index >= 15 is 0 Å². The summed E-state index contributed by atoms with van der Waals surface area (Å²) in [6.07, 6.45) is 2.50. The Morgan fingerprint density at radius 2 is 2.09 bits per heavy atom. The number of anilines is 1. The molecular weight excluding hydrogens is 434 g/mol. The van der Waals surface area contributed by atoms with Gasteiger partial charge in [-0.3, -0.25) is 24.3 Å². The standard InChI is InChI=1S/C21H19N5O7/c1-12-13(2)25(10-15-5-4-6-33-15)19(16(12)8-22)23-18(27)11-24-9-14(21(29)32-3)7-17(20(24)28)26(30)31/h4-7,9H,10-11H2,1-3H3,(H,23,27). The van der Waals surface area contributed by atoms with Crippen LogP contribution in [-0.2, 0) is 22.6 Å². The maximum absolute atomic E-state index is 12.8. The smallest absolute Gasteiger partial charge is 0.339 e. The van der Waals surface area contributed by atoms with Gasteiger partial charge >= 0.3 is 17.2 Å². The van der Waals surface area contributed by atoms with Crippen molar-refractivity contribution in [3.05, 3.63) is 79.3 Å². The molecule has 0 aliphatic heterocycles. The highest BCUT2D eigenvalue weighted by atomic mass is 16.6. The molecule has 0 atom stereocenters. The van der Waals surface area contributed by atoms with Crippen molar-refractivity contribution >= 4 is 23.4 Å². The fraction of sp³-hybridized carbons (Fsp3) is 0.238. The monoisotopic (exact) mass is 453 g/mol. The first-order chi connectivity index (χ1) is 15.7. The summed E-state index contributed by atoms with van der Waals surface area (Å²) in [5.41, 5.74) is -0.604. The number of hydrogen-bond acceptors (Lipinski definition) is 8. The number of furan rings is 1. The highest BCUT2D eigenvalue weighted by Crippen LogP contribution is 2.27. The molecule has 170 valence electrons. The summed E-state index contributed by atoms with van der Waals surface area (Å²) in [4.78, 5) is 47.4. The molecule has 3 rings (SSSR count). The minimum absolute atomic E-state index is 0.195. The first-order valence-corrected chi connectivity index (χ1v) is 9.57. The molecule has 1 N–H and O–H groups in total. The molecule has 0 bridgehead atoms. The zero-order valence-electron chi connectivity index (χ0n) is 17.9. The van der Waals surface area contributed by atoms with Gasteiger partial charge in [-0.15, -0.1) is 0 Å². The number of nitrogens with zero attached hydrogens (tertiary/aromatic N) is 4. The number of carbonyl (C=O) groups is 2. The maximum atomic E-state index is 12.8. The molecule has 3 heterocycles. The van der Waals surface area contributed by atoms with Crippen LogP contribution in [0, 0.1) is 35.3 Å². The van der Waals surface area contributed by atoms with Gasteiger partial charge in [0.2, 0.25) is 5.91 Å². The fourth-order valence-electron chi connectivity index (χ4n) is 3.31. The van der Waals surface area contributed by atoms with Crippen LogP contribution in [0.3, 0.4) is 0 Å². The summed E-state index contributed by atoms with van der Waals surface area (Å²) >= 11 is 0. The van der Waals surface area contributed by atoms with Gasteiger partial charge in [0.05, 0.1) is 36.0 Å². The van der Waals surface area contributed by atoms with Crippen molar-refractivity contribution < 1.29 is 23.7 Å². The molecule has 12 nitrogen and oxygen atoms in total. The van der Waals surface area contributed by atoms with Crippen LogP contribution in [0.4, 0.5) is 11.5 Å². The van der Waals surface area contributed by atoms with Gasteiger partial charge in [-0.05, 0) is 31.5 Å². The van der Waals surface area contributed by atoms with Gasteiger partial charge in [0.25, 0.3) is 0 Å². The highest BCUT2D eigenvalue weighted by Gasteiger charge is 2.23. The van der Waals surface area contributed by atoms with Gasteiger partial charge in [0.1, 0.15) is 24.2 Å². The van der Waals surface area contributed by atoms with E-state index < -0.39 is 34.6 Å². The molecule has 33 heavy (non-hydrogen) atoms. The Morgan fingerprint density at radius 3 is 2.67 bits per heavy atom. The molecule has 0 radical (unpaired) electrons. The molecule has 0 aliphatic rings. The largest absolute Gasteiger partial charge is 0.467 e. The molecule has 3 aromatic rings. The van der Waals surface area contributed by atoms with Crippen molar-refractivity contribution in [1.29, 1.82) is 5.26 Å². The number of aromatic nitrogens is 2. The van der Waals surface area contributed by atoms with E-state index in [-0.39, 0.29) is 23.5 Å². The Balaban J connectivity index is 1.98. The summed E-state index contributed by atoms with van der Waals surface area (Å²) in [7, 11) is 1.08. The molecule has 0 saturated carbocycles. The Bertz CT molecular complexity index is 1340. The maximum Gasteiger partial charge on any atom is 0.339 e. The van der Waals surface area contributed by atoms with E-state index in [1.54, 1.807) is 30.5 Å². The summed E-state index contributed by atoms with van der Waals surface area (Å²) in [6.45, 7) is 3.11. The average molecular weight is 453 g/mol. The van der Waals surface area contributed by atoms with Crippen molar-refractivity contribution in [1.82, 2.24) is 9.13 Å². The number of hydrogen-bond donors (Lipinski definition) is 1. The van der Waals surface area contributed by atoms with E-state index in [1.165, 1.54) is 6.26 Å². The lowest BCUT2D eigenvalue weighted by Crippen LogP contribution is -2.30. The number of esters is 1. The number of ether oxygens (including phenoxy) is 1. The summed E-state index contributed by atoms with van der Waals surface area (Å²) in [5, 5.41) is 23.4. The lowest BCUT2D eigenvalue weighted by molar-refractivity contribution is -0.386. The number of rotatable bonds is 7. The van der Waals surface area contributed by atoms with Crippen LogP contribution >= 0.6 is 0 Å². The lowest BCUT2D eigenvalue weighted by Gasteiger charge is -2.13. The normalized spacial score (nSPS) is 10.5. The van der Waals surface area contributed by atoms with E-state index in [2.05, 4.69) is 16.1 Å². The highest BCUT2D eigenvalue weighted by molar-refractivity contribution is 5.92. The molecule has 0 aromatic carbocycles. The third-order valence-corrected chi connectivity index (χ3v) is 5.09. The lowest BCUT2D eigenvalue weighted by atomic mass is 10.2. The number of nitriles is 1. The second kappa shape index (κ2) is 9.23. The molecule has 0 unspecified atom stereocenters. The minimum atomic E-state index is -1.07. The number of carbonyl (C=O) groups excluding carboxylic acids is 2. The molecule has 3 aromatic heterocycles. The number of methoxy groups -OCH3 is 1. The average Bonchev–Trinajstić information content (AvgIpc) is 3.37. The Kier molecular flexibility index (Phi) is 6.43. The van der Waals surface area contributed by atoms with Crippen LogP contribution in [0.2, 0.25) is 0 Å². The van der Waals surface area contributed by atoms with Crippen LogP contribution in [0.1, 0.15) is 32.9 Å². The van der Waals surface area contributed by atoms with Crippen molar-refractivity contribution in [2.24, 2.45) is 0 Å². The molecule has 0 aliphatic carbocycles. The molecule has 0 fully saturated rings. The Labute approximate surface area is 186 Å². The van der Waals surface area contributed by atoms with Crippen LogP contribution in [0.5, 0.6) is 0 Å². The predicted molar refractivity (Wildman–Crippen MR) is 114 cm³/mol. The van der Waals surface area contributed by atoms with Gasteiger partial charge in [0.15, 0.2) is 0 Å². The SMILES string of the molecule is COC(=O)c1cc([N+](=O)[O-])c(=O)n(CC(=O)Nc2c(C#N)c(C)c(C)n2Cc2ccco2)c1. The predicted octanol–water partition coefficient (Wildman–Crippen LogP) is 2.11. The van der Waals surface area contributed by atoms with Crippen molar-refractivity contribution in [3.8, 4) is 6.07 Å². The summed E-state index contributed by atoms with van der Waals surface area (Å²) in [5.74, 6) is -0.855. The molecule has 0 spiro atoms. The fourth-order valence-corrected chi connectivity index (χ4v) is 3.31. The number of nitro groups is 1. The third kappa shape index (κ3) is 4.52. The van der Waals surface area contributed by atoms with Crippen LogP contribution in [0.15, 0.2) is 39.9 Å². The first kappa shape index (κ1) is 23.0. The second-order valence-electron chi connectivity index (χ2n) is 7.06. The van der Waals surface area contributed by atoms with Gasteiger partial charge < -0.3 is 19.0 Å². The van der Waals surface area contributed by atoms with E-state index in [0.717, 1.165) is 29.6 Å². The summed E-state index contributed by atoms with van der Waals surface area (Å²) < 4.78 is 12.3. The van der Waals surface area contributed by atoms with Gasteiger partial charge in [0, 0.05) is 18.0 Å². The number of pyridine rings is 1. The van der Waals surface area contributed by atoms with Crippen molar-refractivity contribution in [3.63, 3.8) is 0 Å². The van der Waals surface area contributed by atoms with E-state index in [0.29, 0.717) is 11.3 Å². The van der Waals surface area contributed by atoms with Crippen LogP contribution in [0.25, 0.3) is 0 Å². The van der Waals surface area contributed by atoms with E-state index in [4.69, 9.17) is 4.42 Å².